The van der Waals surface area contributed by atoms with Crippen LogP contribution < -0.4 is 0 Å². The maximum atomic E-state index is 12.5. The Hall–Kier alpha value is -1.13. The number of halogens is 1. The van der Waals surface area contributed by atoms with Gasteiger partial charge in [0.1, 0.15) is 6.07 Å². The van der Waals surface area contributed by atoms with E-state index in [2.05, 4.69) is 0 Å². The van der Waals surface area contributed by atoms with Crippen molar-refractivity contribution in [3.63, 3.8) is 0 Å². The van der Waals surface area contributed by atoms with E-state index in [-0.39, 0.29) is 27.6 Å². The number of likely N-dealkylation sites (N-methyl/N-ethyl adjacent to an activating group) is 1. The van der Waals surface area contributed by atoms with Gasteiger partial charge in [-0.3, -0.25) is 0 Å². The van der Waals surface area contributed by atoms with Gasteiger partial charge in [-0.05, 0) is 31.5 Å². The van der Waals surface area contributed by atoms with Crippen LogP contribution in [0.25, 0.3) is 0 Å². The summed E-state index contributed by atoms with van der Waals surface area (Å²) >= 11 is 5.90. The van der Waals surface area contributed by atoms with E-state index in [4.69, 9.17) is 21.6 Å². The van der Waals surface area contributed by atoms with Crippen LogP contribution in [0.1, 0.15) is 18.9 Å². The highest BCUT2D eigenvalue weighted by atomic mass is 35.5. The second-order valence-corrected chi connectivity index (χ2v) is 7.11. The van der Waals surface area contributed by atoms with Crippen LogP contribution in [0.5, 0.6) is 0 Å². The highest BCUT2D eigenvalue weighted by Crippen LogP contribution is 2.27. The molecule has 1 heterocycles. The summed E-state index contributed by atoms with van der Waals surface area (Å²) in [6, 6.07) is 5.84. The van der Waals surface area contributed by atoms with Gasteiger partial charge < -0.3 is 4.74 Å². The summed E-state index contributed by atoms with van der Waals surface area (Å²) in [4.78, 5) is 0.0862. The first-order valence-corrected chi connectivity index (χ1v) is 7.99. The molecule has 2 rings (SSSR count). The smallest absolute Gasteiger partial charge is 0.243 e. The summed E-state index contributed by atoms with van der Waals surface area (Å²) in [5, 5.41) is 8.95. The number of hydrogen-bond donors (Lipinski definition) is 0. The predicted octanol–water partition coefficient (Wildman–Crippen LogP) is 2.01. The minimum absolute atomic E-state index is 0.0862. The van der Waals surface area contributed by atoms with Gasteiger partial charge in [-0.25, -0.2) is 8.42 Å². The molecule has 1 aromatic rings. The van der Waals surface area contributed by atoms with E-state index in [1.54, 1.807) is 0 Å². The molecule has 0 N–H and O–H groups in total. The van der Waals surface area contributed by atoms with Crippen LogP contribution >= 0.6 is 11.6 Å². The largest absolute Gasteiger partial charge is 0.377 e. The van der Waals surface area contributed by atoms with Crippen LogP contribution in [0.4, 0.5) is 0 Å². The number of sulfonamides is 1. The lowest BCUT2D eigenvalue weighted by molar-refractivity contribution is 0.102. The van der Waals surface area contributed by atoms with Crippen molar-refractivity contribution in [1.29, 1.82) is 5.26 Å². The van der Waals surface area contributed by atoms with E-state index in [0.717, 1.165) is 0 Å². The molecule has 0 bridgehead atoms. The molecule has 108 valence electrons. The first-order chi connectivity index (χ1) is 9.37. The third-order valence-electron chi connectivity index (χ3n) is 3.54. The summed E-state index contributed by atoms with van der Waals surface area (Å²) in [6.45, 7) is 2.41. The fraction of sp³-hybridized carbons (Fsp3) is 0.462. The molecule has 1 aliphatic heterocycles. The van der Waals surface area contributed by atoms with Crippen molar-refractivity contribution in [2.24, 2.45) is 0 Å². The first-order valence-electron chi connectivity index (χ1n) is 6.17. The summed E-state index contributed by atoms with van der Waals surface area (Å²) in [5.41, 5.74) is 0.255. The Morgan fingerprint density at radius 2 is 2.20 bits per heavy atom. The fourth-order valence-electron chi connectivity index (χ4n) is 2.29. The molecule has 0 saturated carbocycles. The van der Waals surface area contributed by atoms with Gasteiger partial charge in [0.2, 0.25) is 10.0 Å². The van der Waals surface area contributed by atoms with Crippen molar-refractivity contribution in [2.45, 2.75) is 30.4 Å². The molecule has 2 atom stereocenters. The van der Waals surface area contributed by atoms with E-state index in [9.17, 15) is 8.42 Å². The molecule has 20 heavy (non-hydrogen) atoms. The van der Waals surface area contributed by atoms with Crippen LogP contribution in [0.2, 0.25) is 5.02 Å². The van der Waals surface area contributed by atoms with Crippen LogP contribution in [0, 0.1) is 11.3 Å². The van der Waals surface area contributed by atoms with Gasteiger partial charge in [-0.2, -0.15) is 9.57 Å². The van der Waals surface area contributed by atoms with Crippen molar-refractivity contribution in [3.8, 4) is 6.07 Å². The molecule has 7 heteroatoms. The molecule has 0 radical (unpaired) electrons. The maximum absolute atomic E-state index is 12.5. The zero-order valence-corrected chi connectivity index (χ0v) is 12.8. The first kappa shape index (κ1) is 15.3. The summed E-state index contributed by atoms with van der Waals surface area (Å²) in [5.74, 6) is 0. The fourth-order valence-corrected chi connectivity index (χ4v) is 4.05. The SMILES string of the molecule is CC1OCCC1N(C)S(=O)(=O)c1ccc(C#N)c(Cl)c1. The molecule has 1 aliphatic rings. The topological polar surface area (TPSA) is 70.4 Å². The molecule has 0 aliphatic carbocycles. The Labute approximate surface area is 123 Å². The minimum Gasteiger partial charge on any atom is -0.377 e. The van der Waals surface area contributed by atoms with Crippen LogP contribution in [-0.2, 0) is 14.8 Å². The molecule has 5 nitrogen and oxygen atoms in total. The summed E-state index contributed by atoms with van der Waals surface area (Å²) in [7, 11) is -2.10. The highest BCUT2D eigenvalue weighted by Gasteiger charge is 2.35. The van der Waals surface area contributed by atoms with E-state index >= 15 is 0 Å². The zero-order chi connectivity index (χ0) is 14.9. The maximum Gasteiger partial charge on any atom is 0.243 e. The normalized spacial score (nSPS) is 22.9. The Kier molecular flexibility index (Phi) is 4.35. The van der Waals surface area contributed by atoms with Gasteiger partial charge >= 0.3 is 0 Å². The Morgan fingerprint density at radius 1 is 1.50 bits per heavy atom. The highest BCUT2D eigenvalue weighted by molar-refractivity contribution is 7.89. The number of benzene rings is 1. The number of nitriles is 1. The molecular weight excluding hydrogens is 300 g/mol. The molecule has 1 saturated heterocycles. The third kappa shape index (κ3) is 2.67. The van der Waals surface area contributed by atoms with Crippen LogP contribution in [-0.4, -0.2) is 38.5 Å². The Bertz CT molecular complexity index is 654. The molecule has 0 aromatic heterocycles. The van der Waals surface area contributed by atoms with Crippen LogP contribution in [0.3, 0.4) is 0 Å². The Morgan fingerprint density at radius 3 is 2.70 bits per heavy atom. The van der Waals surface area contributed by atoms with Gasteiger partial charge in [0, 0.05) is 13.7 Å². The molecule has 2 unspecified atom stereocenters. The lowest BCUT2D eigenvalue weighted by Gasteiger charge is -2.26. The number of nitrogens with zero attached hydrogens (tertiary/aromatic N) is 2. The predicted molar refractivity (Wildman–Crippen MR) is 74.9 cm³/mol. The Balaban J connectivity index is 2.35. The van der Waals surface area contributed by atoms with Gasteiger partial charge in [0.25, 0.3) is 0 Å². The van der Waals surface area contributed by atoms with E-state index in [1.807, 2.05) is 13.0 Å². The third-order valence-corrected chi connectivity index (χ3v) is 5.73. The number of rotatable bonds is 3. The molecule has 1 fully saturated rings. The standard InChI is InChI=1S/C13H15ClN2O3S/c1-9-13(5-6-19-9)16(2)20(17,18)11-4-3-10(8-15)12(14)7-11/h3-4,7,9,13H,5-6H2,1-2H3. The number of hydrogen-bond acceptors (Lipinski definition) is 4. The molecule has 1 aromatic carbocycles. The van der Waals surface area contributed by atoms with Crippen molar-refractivity contribution in [1.82, 2.24) is 4.31 Å². The van der Waals surface area contributed by atoms with Gasteiger partial charge in [-0.15, -0.1) is 0 Å². The number of ether oxygens (including phenoxy) is 1. The van der Waals surface area contributed by atoms with Crippen molar-refractivity contribution in [3.05, 3.63) is 28.8 Å². The molecular formula is C13H15ClN2O3S. The molecule has 0 amide bonds. The average molecular weight is 315 g/mol. The van der Waals surface area contributed by atoms with Gasteiger partial charge in [-0.1, -0.05) is 11.6 Å². The van der Waals surface area contributed by atoms with E-state index < -0.39 is 10.0 Å². The zero-order valence-electron chi connectivity index (χ0n) is 11.2. The van der Waals surface area contributed by atoms with Crippen molar-refractivity contribution >= 4 is 21.6 Å². The van der Waals surface area contributed by atoms with Gasteiger partial charge in [0.05, 0.1) is 27.6 Å². The molecule has 0 spiro atoms. The van der Waals surface area contributed by atoms with Crippen molar-refractivity contribution < 1.29 is 13.2 Å². The average Bonchev–Trinajstić information content (AvgIpc) is 2.83. The summed E-state index contributed by atoms with van der Waals surface area (Å²) < 4.78 is 31.8. The summed E-state index contributed by atoms with van der Waals surface area (Å²) in [6.07, 6.45) is 0.532. The minimum atomic E-state index is -3.64. The van der Waals surface area contributed by atoms with E-state index in [0.29, 0.717) is 13.0 Å². The quantitative estimate of drug-likeness (QED) is 0.855. The van der Waals surface area contributed by atoms with E-state index in [1.165, 1.54) is 29.6 Å². The second-order valence-electron chi connectivity index (χ2n) is 4.71. The lowest BCUT2D eigenvalue weighted by Crippen LogP contribution is -2.40. The second kappa shape index (κ2) is 5.70. The van der Waals surface area contributed by atoms with Crippen LogP contribution in [0.15, 0.2) is 23.1 Å². The monoisotopic (exact) mass is 314 g/mol. The van der Waals surface area contributed by atoms with Gasteiger partial charge in [0.15, 0.2) is 0 Å². The van der Waals surface area contributed by atoms with Crippen molar-refractivity contribution in [2.75, 3.05) is 13.7 Å². The lowest BCUT2D eigenvalue weighted by atomic mass is 10.2.